The summed E-state index contributed by atoms with van der Waals surface area (Å²) in [5.41, 5.74) is 2.98. The fourth-order valence-electron chi connectivity index (χ4n) is 0.967. The number of nitrogens with one attached hydrogen (secondary N) is 2. The van der Waals surface area contributed by atoms with Gasteiger partial charge in [0.2, 0.25) is 0 Å². The van der Waals surface area contributed by atoms with Crippen LogP contribution in [-0.4, -0.2) is 17.9 Å². The normalized spacial score (nSPS) is 10.4. The summed E-state index contributed by atoms with van der Waals surface area (Å²) >= 11 is 8.06. The van der Waals surface area contributed by atoms with Crippen LogP contribution in [0.5, 0.6) is 0 Å². The predicted molar refractivity (Wildman–Crippen MR) is 71.1 cm³/mol. The number of benzene rings is 1. The van der Waals surface area contributed by atoms with Gasteiger partial charge in [-0.3, -0.25) is 5.43 Å². The van der Waals surface area contributed by atoms with Gasteiger partial charge in [0.15, 0.2) is 5.11 Å². The second-order valence-corrected chi connectivity index (χ2v) is 4.22. The lowest BCUT2D eigenvalue weighted by molar-refractivity contribution is 0.625. The Morgan fingerprint density at radius 2 is 2.38 bits per heavy atom. The topological polar surface area (TPSA) is 36.4 Å². The van der Waals surface area contributed by atoms with Crippen molar-refractivity contribution in [3.63, 3.8) is 0 Å². The van der Waals surface area contributed by atoms with Crippen molar-refractivity contribution in [3.8, 4) is 0 Å². The van der Waals surface area contributed by atoms with Gasteiger partial charge >= 0.3 is 0 Å². The Balaban J connectivity index is 2.59. The first-order valence-electron chi connectivity index (χ1n) is 4.65. The van der Waals surface area contributed by atoms with Gasteiger partial charge in [-0.2, -0.15) is 5.10 Å². The second kappa shape index (κ2) is 6.55. The zero-order chi connectivity index (χ0) is 12.0. The molecule has 2 N–H and O–H groups in total. The molecule has 6 heteroatoms. The lowest BCUT2D eigenvalue weighted by atomic mass is 10.2. The van der Waals surface area contributed by atoms with E-state index in [4.69, 9.17) is 12.2 Å². The van der Waals surface area contributed by atoms with E-state index in [9.17, 15) is 4.39 Å². The maximum Gasteiger partial charge on any atom is 0.186 e. The molecular weight excluding hydrogens is 293 g/mol. The highest BCUT2D eigenvalue weighted by molar-refractivity contribution is 9.10. The van der Waals surface area contributed by atoms with E-state index in [0.717, 1.165) is 0 Å². The summed E-state index contributed by atoms with van der Waals surface area (Å²) in [6, 6.07) is 4.75. The predicted octanol–water partition coefficient (Wildman–Crippen LogP) is 2.41. The van der Waals surface area contributed by atoms with Gasteiger partial charge < -0.3 is 5.32 Å². The Kier molecular flexibility index (Phi) is 5.34. The number of hydrogen-bond acceptors (Lipinski definition) is 2. The van der Waals surface area contributed by atoms with Gasteiger partial charge in [0.1, 0.15) is 5.82 Å². The molecule has 0 unspecified atom stereocenters. The molecule has 0 aliphatic heterocycles. The number of thiocarbonyl (C=S) groups is 1. The molecule has 0 bridgehead atoms. The van der Waals surface area contributed by atoms with E-state index in [2.05, 4.69) is 31.8 Å². The average Bonchev–Trinajstić information content (AvgIpc) is 2.22. The zero-order valence-corrected chi connectivity index (χ0v) is 11.0. The zero-order valence-electron chi connectivity index (χ0n) is 8.63. The van der Waals surface area contributed by atoms with Crippen molar-refractivity contribution >= 4 is 39.5 Å². The molecule has 0 aliphatic carbocycles. The Labute approximate surface area is 107 Å². The lowest BCUT2D eigenvalue weighted by Crippen LogP contribution is -2.31. The smallest absolute Gasteiger partial charge is 0.186 e. The quantitative estimate of drug-likeness (QED) is 0.511. The number of halogens is 2. The molecule has 3 nitrogen and oxygen atoms in total. The van der Waals surface area contributed by atoms with Crippen LogP contribution in [0, 0.1) is 5.82 Å². The third kappa shape index (κ3) is 4.24. The summed E-state index contributed by atoms with van der Waals surface area (Å²) in [5.74, 6) is -0.339. The van der Waals surface area contributed by atoms with Crippen LogP contribution in [-0.2, 0) is 0 Å². The van der Waals surface area contributed by atoms with Crippen LogP contribution in [0.25, 0.3) is 0 Å². The molecule has 1 aromatic rings. The monoisotopic (exact) mass is 303 g/mol. The molecule has 0 aliphatic rings. The molecule has 16 heavy (non-hydrogen) atoms. The van der Waals surface area contributed by atoms with Crippen LogP contribution < -0.4 is 10.7 Å². The second-order valence-electron chi connectivity index (χ2n) is 2.90. The van der Waals surface area contributed by atoms with Crippen molar-refractivity contribution in [2.45, 2.75) is 6.92 Å². The molecule has 0 aromatic heterocycles. The highest BCUT2D eigenvalue weighted by Crippen LogP contribution is 2.13. The molecule has 0 spiro atoms. The van der Waals surface area contributed by atoms with Crippen molar-refractivity contribution in [1.82, 2.24) is 10.7 Å². The first-order valence-corrected chi connectivity index (χ1v) is 5.85. The fourth-order valence-corrected chi connectivity index (χ4v) is 1.50. The molecule has 0 saturated carbocycles. The van der Waals surface area contributed by atoms with Gasteiger partial charge in [0.25, 0.3) is 0 Å². The van der Waals surface area contributed by atoms with Crippen molar-refractivity contribution in [1.29, 1.82) is 0 Å². The maximum atomic E-state index is 13.3. The van der Waals surface area contributed by atoms with E-state index >= 15 is 0 Å². The van der Waals surface area contributed by atoms with Gasteiger partial charge in [-0.15, -0.1) is 0 Å². The van der Waals surface area contributed by atoms with Gasteiger partial charge in [-0.05, 0) is 37.3 Å². The Morgan fingerprint density at radius 3 is 3.00 bits per heavy atom. The van der Waals surface area contributed by atoms with Crippen LogP contribution in [0.4, 0.5) is 4.39 Å². The molecule has 0 heterocycles. The summed E-state index contributed by atoms with van der Waals surface area (Å²) in [6.45, 7) is 2.64. The fraction of sp³-hybridized carbons (Fsp3) is 0.200. The molecule has 0 atom stereocenters. The van der Waals surface area contributed by atoms with Gasteiger partial charge in [-0.25, -0.2) is 4.39 Å². The minimum atomic E-state index is -0.339. The number of rotatable bonds is 3. The van der Waals surface area contributed by atoms with Gasteiger partial charge in [-0.1, -0.05) is 15.9 Å². The summed E-state index contributed by atoms with van der Waals surface area (Å²) in [4.78, 5) is 0. The first-order chi connectivity index (χ1) is 7.63. The van der Waals surface area contributed by atoms with Crippen molar-refractivity contribution in [2.75, 3.05) is 6.54 Å². The SMILES string of the molecule is CCNC(=S)N/N=C\c1ccc(Br)cc1F. The molecule has 86 valence electrons. The highest BCUT2D eigenvalue weighted by Gasteiger charge is 1.99. The van der Waals surface area contributed by atoms with E-state index in [-0.39, 0.29) is 5.82 Å². The molecule has 0 saturated heterocycles. The third-order valence-corrected chi connectivity index (χ3v) is 2.40. The van der Waals surface area contributed by atoms with Crippen LogP contribution in [0.2, 0.25) is 0 Å². The van der Waals surface area contributed by atoms with Crippen molar-refractivity contribution < 1.29 is 4.39 Å². The highest BCUT2D eigenvalue weighted by atomic mass is 79.9. The van der Waals surface area contributed by atoms with E-state index < -0.39 is 0 Å². The Morgan fingerprint density at radius 1 is 1.62 bits per heavy atom. The van der Waals surface area contributed by atoms with Crippen molar-refractivity contribution in [2.24, 2.45) is 5.10 Å². The Bertz CT molecular complexity index is 409. The van der Waals surface area contributed by atoms with E-state index in [1.165, 1.54) is 12.3 Å². The van der Waals surface area contributed by atoms with Crippen LogP contribution >= 0.6 is 28.1 Å². The van der Waals surface area contributed by atoms with Gasteiger partial charge in [0, 0.05) is 16.6 Å². The molecule has 0 radical (unpaired) electrons. The van der Waals surface area contributed by atoms with E-state index in [0.29, 0.717) is 21.7 Å². The Hall–Kier alpha value is -1.01. The number of hydrazone groups is 1. The summed E-state index contributed by atoms with van der Waals surface area (Å²) in [6.07, 6.45) is 1.38. The standard InChI is InChI=1S/C10H11BrFN3S/c1-2-13-10(16)15-14-6-7-3-4-8(11)5-9(7)12/h3-6H,2H2,1H3,(H2,13,15,16)/b14-6-. The maximum absolute atomic E-state index is 13.3. The molecule has 0 amide bonds. The summed E-state index contributed by atoms with van der Waals surface area (Å²) in [5, 5.41) is 7.09. The number of hydrogen-bond donors (Lipinski definition) is 2. The minimum absolute atomic E-state index is 0.339. The van der Waals surface area contributed by atoms with E-state index in [1.54, 1.807) is 12.1 Å². The van der Waals surface area contributed by atoms with Crippen LogP contribution in [0.3, 0.4) is 0 Å². The largest absolute Gasteiger partial charge is 0.362 e. The first kappa shape index (κ1) is 13.1. The molecular formula is C10H11BrFN3S. The van der Waals surface area contributed by atoms with Gasteiger partial charge in [0.05, 0.1) is 6.21 Å². The summed E-state index contributed by atoms with van der Waals surface area (Å²) < 4.78 is 14.0. The van der Waals surface area contributed by atoms with E-state index in [1.807, 2.05) is 6.92 Å². The third-order valence-electron chi connectivity index (χ3n) is 1.67. The van der Waals surface area contributed by atoms with Crippen molar-refractivity contribution in [3.05, 3.63) is 34.1 Å². The average molecular weight is 304 g/mol. The van der Waals surface area contributed by atoms with Crippen LogP contribution in [0.1, 0.15) is 12.5 Å². The molecule has 1 aromatic carbocycles. The molecule has 0 fully saturated rings. The van der Waals surface area contributed by atoms with Crippen LogP contribution in [0.15, 0.2) is 27.8 Å². The molecule has 1 rings (SSSR count). The number of nitrogens with zero attached hydrogens (tertiary/aromatic N) is 1. The lowest BCUT2D eigenvalue weighted by Gasteiger charge is -2.02. The summed E-state index contributed by atoms with van der Waals surface area (Å²) in [7, 11) is 0. The minimum Gasteiger partial charge on any atom is -0.362 e.